The van der Waals surface area contributed by atoms with Crippen LogP contribution < -0.4 is 10.5 Å². The van der Waals surface area contributed by atoms with Crippen LogP contribution in [0.2, 0.25) is 0 Å². The van der Waals surface area contributed by atoms with Crippen molar-refractivity contribution in [3.05, 3.63) is 53.1 Å². The van der Waals surface area contributed by atoms with E-state index in [9.17, 15) is 8.78 Å². The van der Waals surface area contributed by atoms with E-state index in [0.29, 0.717) is 24.3 Å². The van der Waals surface area contributed by atoms with Gasteiger partial charge < -0.3 is 10.5 Å². The molecule has 0 aliphatic carbocycles. The number of benzene rings is 2. The van der Waals surface area contributed by atoms with Crippen LogP contribution in [0.4, 0.5) is 8.78 Å². The van der Waals surface area contributed by atoms with Crippen LogP contribution >= 0.6 is 0 Å². The van der Waals surface area contributed by atoms with Crippen LogP contribution in [-0.2, 0) is 13.0 Å². The van der Waals surface area contributed by atoms with Gasteiger partial charge in [-0.05, 0) is 35.4 Å². The van der Waals surface area contributed by atoms with Gasteiger partial charge in [-0.15, -0.1) is 0 Å². The highest BCUT2D eigenvalue weighted by Crippen LogP contribution is 2.35. The Morgan fingerprint density at radius 3 is 2.74 bits per heavy atom. The maximum absolute atomic E-state index is 13.8. The van der Waals surface area contributed by atoms with E-state index in [2.05, 4.69) is 0 Å². The van der Waals surface area contributed by atoms with Crippen LogP contribution in [-0.4, -0.2) is 6.61 Å². The zero-order valence-electron chi connectivity index (χ0n) is 10.2. The third kappa shape index (κ3) is 2.08. The molecule has 98 valence electrons. The Morgan fingerprint density at radius 2 is 2.00 bits per heavy atom. The molecule has 0 unspecified atom stereocenters. The van der Waals surface area contributed by atoms with Gasteiger partial charge in [0.05, 0.1) is 6.61 Å². The third-order valence-electron chi connectivity index (χ3n) is 3.32. The molecule has 0 fully saturated rings. The predicted molar refractivity (Wildman–Crippen MR) is 68.9 cm³/mol. The average Bonchev–Trinajstić information content (AvgIpc) is 2.85. The summed E-state index contributed by atoms with van der Waals surface area (Å²) in [6.07, 6.45) is 0.791. The van der Waals surface area contributed by atoms with Crippen LogP contribution in [0.15, 0.2) is 30.3 Å². The molecule has 2 aromatic carbocycles. The summed E-state index contributed by atoms with van der Waals surface area (Å²) in [5.74, 6) is -0.333. The zero-order valence-corrected chi connectivity index (χ0v) is 10.2. The molecule has 1 aliphatic rings. The fourth-order valence-electron chi connectivity index (χ4n) is 2.42. The van der Waals surface area contributed by atoms with Crippen molar-refractivity contribution >= 4 is 0 Å². The Labute approximate surface area is 109 Å². The second-order valence-electron chi connectivity index (χ2n) is 4.55. The lowest BCUT2D eigenvalue weighted by Crippen LogP contribution is -2.00. The normalized spacial score (nSPS) is 13.2. The van der Waals surface area contributed by atoms with E-state index in [1.807, 2.05) is 6.07 Å². The summed E-state index contributed by atoms with van der Waals surface area (Å²) in [5.41, 5.74) is 8.67. The van der Waals surface area contributed by atoms with E-state index in [1.54, 1.807) is 6.07 Å². The minimum atomic E-state index is -0.579. The second-order valence-corrected chi connectivity index (χ2v) is 4.55. The highest BCUT2D eigenvalue weighted by Gasteiger charge is 2.18. The van der Waals surface area contributed by atoms with Crippen molar-refractivity contribution in [2.75, 3.05) is 6.61 Å². The van der Waals surface area contributed by atoms with Gasteiger partial charge in [0.2, 0.25) is 0 Å². The number of rotatable bonds is 2. The summed E-state index contributed by atoms with van der Waals surface area (Å²) in [5, 5.41) is 0. The van der Waals surface area contributed by atoms with E-state index in [0.717, 1.165) is 29.4 Å². The summed E-state index contributed by atoms with van der Waals surface area (Å²) < 4.78 is 32.3. The Hall–Kier alpha value is -1.94. The second kappa shape index (κ2) is 4.63. The summed E-state index contributed by atoms with van der Waals surface area (Å²) in [6.45, 7) is 0.955. The van der Waals surface area contributed by atoms with Gasteiger partial charge >= 0.3 is 0 Å². The topological polar surface area (TPSA) is 35.2 Å². The molecule has 1 heterocycles. The first-order valence-corrected chi connectivity index (χ1v) is 6.13. The minimum absolute atomic E-state index is 0.332. The van der Waals surface area contributed by atoms with Crippen LogP contribution in [0.1, 0.15) is 11.1 Å². The molecular formula is C15H13F2NO. The quantitative estimate of drug-likeness (QED) is 0.901. The molecule has 0 saturated carbocycles. The lowest BCUT2D eigenvalue weighted by atomic mass is 9.98. The predicted octanol–water partition coefficient (Wildman–Crippen LogP) is 3.03. The first-order valence-electron chi connectivity index (χ1n) is 6.13. The van der Waals surface area contributed by atoms with Crippen molar-refractivity contribution in [3.63, 3.8) is 0 Å². The molecule has 0 bridgehead atoms. The Kier molecular flexibility index (Phi) is 2.95. The number of hydrogen-bond acceptors (Lipinski definition) is 2. The summed E-state index contributed by atoms with van der Waals surface area (Å²) >= 11 is 0. The fourth-order valence-corrected chi connectivity index (χ4v) is 2.42. The van der Waals surface area contributed by atoms with Crippen molar-refractivity contribution in [3.8, 4) is 16.9 Å². The molecule has 0 aromatic heterocycles. The fraction of sp³-hybridized carbons (Fsp3) is 0.200. The summed E-state index contributed by atoms with van der Waals surface area (Å²) in [6, 6.07) is 7.28. The van der Waals surface area contributed by atoms with Crippen molar-refractivity contribution < 1.29 is 13.5 Å². The standard InChI is InChI=1S/C15H13F2NO/c16-12-1-2-13(14(17)7-12)10-5-9-3-4-19-15(9)11(6-10)8-18/h1-2,5-7H,3-4,8,18H2. The molecule has 0 amide bonds. The van der Waals surface area contributed by atoms with Crippen LogP contribution in [0.25, 0.3) is 11.1 Å². The average molecular weight is 261 g/mol. The molecule has 2 aromatic rings. The third-order valence-corrected chi connectivity index (χ3v) is 3.32. The first kappa shape index (κ1) is 12.1. The van der Waals surface area contributed by atoms with Gasteiger partial charge in [0.15, 0.2) is 0 Å². The Bertz CT molecular complexity index is 640. The summed E-state index contributed by atoms with van der Waals surface area (Å²) in [4.78, 5) is 0. The molecule has 2 N–H and O–H groups in total. The molecule has 0 saturated heterocycles. The van der Waals surface area contributed by atoms with Crippen LogP contribution in [0, 0.1) is 11.6 Å². The molecular weight excluding hydrogens is 248 g/mol. The van der Waals surface area contributed by atoms with Gasteiger partial charge in [0, 0.05) is 30.2 Å². The van der Waals surface area contributed by atoms with E-state index in [1.165, 1.54) is 12.1 Å². The number of halogens is 2. The lowest BCUT2D eigenvalue weighted by Gasteiger charge is -2.10. The van der Waals surface area contributed by atoms with Gasteiger partial charge in [-0.25, -0.2) is 8.78 Å². The minimum Gasteiger partial charge on any atom is -0.493 e. The maximum atomic E-state index is 13.8. The van der Waals surface area contributed by atoms with Crippen molar-refractivity contribution in [1.29, 1.82) is 0 Å². The smallest absolute Gasteiger partial charge is 0.133 e. The van der Waals surface area contributed by atoms with Gasteiger partial charge in [0.25, 0.3) is 0 Å². The van der Waals surface area contributed by atoms with Crippen molar-refractivity contribution in [2.45, 2.75) is 13.0 Å². The number of hydrogen-bond donors (Lipinski definition) is 1. The highest BCUT2D eigenvalue weighted by atomic mass is 19.1. The molecule has 4 heteroatoms. The molecule has 19 heavy (non-hydrogen) atoms. The van der Waals surface area contributed by atoms with Crippen LogP contribution in [0.5, 0.6) is 5.75 Å². The molecule has 0 radical (unpaired) electrons. The first-order chi connectivity index (χ1) is 9.19. The van der Waals surface area contributed by atoms with E-state index >= 15 is 0 Å². The lowest BCUT2D eigenvalue weighted by molar-refractivity contribution is 0.353. The highest BCUT2D eigenvalue weighted by molar-refractivity contribution is 5.68. The molecule has 3 rings (SSSR count). The SMILES string of the molecule is NCc1cc(-c2ccc(F)cc2F)cc2c1OCC2. The van der Waals surface area contributed by atoms with Crippen molar-refractivity contribution in [2.24, 2.45) is 5.73 Å². The largest absolute Gasteiger partial charge is 0.493 e. The number of nitrogens with two attached hydrogens (primary N) is 1. The monoisotopic (exact) mass is 261 g/mol. The van der Waals surface area contributed by atoms with Gasteiger partial charge in [-0.1, -0.05) is 0 Å². The molecule has 0 atom stereocenters. The number of fused-ring (bicyclic) bond motifs is 1. The van der Waals surface area contributed by atoms with E-state index in [-0.39, 0.29) is 0 Å². The van der Waals surface area contributed by atoms with Gasteiger partial charge in [0.1, 0.15) is 17.4 Å². The van der Waals surface area contributed by atoms with E-state index in [4.69, 9.17) is 10.5 Å². The molecule has 1 aliphatic heterocycles. The van der Waals surface area contributed by atoms with Gasteiger partial charge in [-0.2, -0.15) is 0 Å². The number of ether oxygens (including phenoxy) is 1. The molecule has 2 nitrogen and oxygen atoms in total. The molecule has 0 spiro atoms. The Morgan fingerprint density at radius 1 is 1.16 bits per heavy atom. The van der Waals surface area contributed by atoms with Gasteiger partial charge in [-0.3, -0.25) is 0 Å². The zero-order chi connectivity index (χ0) is 13.4. The van der Waals surface area contributed by atoms with Crippen LogP contribution in [0.3, 0.4) is 0 Å². The van der Waals surface area contributed by atoms with Crippen molar-refractivity contribution in [1.82, 2.24) is 0 Å². The maximum Gasteiger partial charge on any atom is 0.133 e. The summed E-state index contributed by atoms with van der Waals surface area (Å²) in [7, 11) is 0. The van der Waals surface area contributed by atoms with E-state index < -0.39 is 11.6 Å². The Balaban J connectivity index is 2.15.